The minimum absolute atomic E-state index is 0.0349. The number of hydrogen-bond donors (Lipinski definition) is 1. The SMILES string of the molecule is CCOC(=O)c1nnn([C@@H](C)c2ccc(Cl)cc2)c1N. The Labute approximate surface area is 121 Å². The molecule has 1 aromatic heterocycles. The van der Waals surface area contributed by atoms with E-state index in [9.17, 15) is 4.79 Å². The van der Waals surface area contributed by atoms with Gasteiger partial charge in [0.25, 0.3) is 0 Å². The van der Waals surface area contributed by atoms with Crippen LogP contribution in [0.15, 0.2) is 24.3 Å². The number of rotatable bonds is 4. The minimum Gasteiger partial charge on any atom is -0.461 e. The van der Waals surface area contributed by atoms with E-state index < -0.39 is 5.97 Å². The predicted molar refractivity (Wildman–Crippen MR) is 75.7 cm³/mol. The van der Waals surface area contributed by atoms with Crippen molar-refractivity contribution in [3.63, 3.8) is 0 Å². The molecule has 0 amide bonds. The van der Waals surface area contributed by atoms with Gasteiger partial charge in [-0.3, -0.25) is 0 Å². The van der Waals surface area contributed by atoms with Crippen LogP contribution in [-0.2, 0) is 4.74 Å². The maximum atomic E-state index is 11.6. The van der Waals surface area contributed by atoms with Crippen molar-refractivity contribution in [2.45, 2.75) is 19.9 Å². The topological polar surface area (TPSA) is 83.0 Å². The summed E-state index contributed by atoms with van der Waals surface area (Å²) in [5, 5.41) is 8.36. The Balaban J connectivity index is 2.29. The average molecular weight is 295 g/mol. The highest BCUT2D eigenvalue weighted by atomic mass is 35.5. The quantitative estimate of drug-likeness (QED) is 0.875. The summed E-state index contributed by atoms with van der Waals surface area (Å²) in [6, 6.07) is 7.15. The summed E-state index contributed by atoms with van der Waals surface area (Å²) in [4.78, 5) is 11.6. The molecule has 0 saturated heterocycles. The molecule has 20 heavy (non-hydrogen) atoms. The van der Waals surface area contributed by atoms with Gasteiger partial charge in [0.2, 0.25) is 5.69 Å². The summed E-state index contributed by atoms with van der Waals surface area (Å²) in [7, 11) is 0. The smallest absolute Gasteiger partial charge is 0.362 e. The highest BCUT2D eigenvalue weighted by Gasteiger charge is 2.21. The van der Waals surface area contributed by atoms with Crippen LogP contribution in [0.3, 0.4) is 0 Å². The van der Waals surface area contributed by atoms with E-state index in [-0.39, 0.29) is 24.2 Å². The Hall–Kier alpha value is -2.08. The van der Waals surface area contributed by atoms with Gasteiger partial charge < -0.3 is 10.5 Å². The molecular weight excluding hydrogens is 280 g/mol. The van der Waals surface area contributed by atoms with Crippen LogP contribution in [0.5, 0.6) is 0 Å². The van der Waals surface area contributed by atoms with Crippen LogP contribution in [0.4, 0.5) is 5.82 Å². The summed E-state index contributed by atoms with van der Waals surface area (Å²) in [5.41, 5.74) is 6.91. The minimum atomic E-state index is -0.570. The third-order valence-corrected chi connectivity index (χ3v) is 3.17. The van der Waals surface area contributed by atoms with Gasteiger partial charge in [0.05, 0.1) is 12.6 Å². The molecule has 7 heteroatoms. The summed E-state index contributed by atoms with van der Waals surface area (Å²) >= 11 is 5.85. The zero-order valence-corrected chi connectivity index (χ0v) is 12.0. The molecule has 2 rings (SSSR count). The van der Waals surface area contributed by atoms with Gasteiger partial charge in [0.15, 0.2) is 5.82 Å². The fraction of sp³-hybridized carbons (Fsp3) is 0.308. The van der Waals surface area contributed by atoms with E-state index in [4.69, 9.17) is 22.1 Å². The van der Waals surface area contributed by atoms with E-state index in [1.165, 1.54) is 4.68 Å². The number of carbonyl (C=O) groups excluding carboxylic acids is 1. The first-order chi connectivity index (χ1) is 9.54. The largest absolute Gasteiger partial charge is 0.461 e. The van der Waals surface area contributed by atoms with Crippen molar-refractivity contribution >= 4 is 23.4 Å². The molecule has 1 heterocycles. The van der Waals surface area contributed by atoms with E-state index >= 15 is 0 Å². The van der Waals surface area contributed by atoms with Gasteiger partial charge in [0, 0.05) is 5.02 Å². The monoisotopic (exact) mass is 294 g/mol. The van der Waals surface area contributed by atoms with Crippen LogP contribution in [0, 0.1) is 0 Å². The van der Waals surface area contributed by atoms with E-state index in [0.717, 1.165) is 5.56 Å². The standard InChI is InChI=1S/C13H15ClN4O2/c1-3-20-13(19)11-12(15)18(17-16-11)8(2)9-4-6-10(14)7-5-9/h4-8H,3,15H2,1-2H3/t8-/m0/s1. The molecule has 1 aromatic carbocycles. The molecule has 0 unspecified atom stereocenters. The summed E-state index contributed by atoms with van der Waals surface area (Å²) < 4.78 is 6.35. The second-order valence-electron chi connectivity index (χ2n) is 4.22. The lowest BCUT2D eigenvalue weighted by molar-refractivity contribution is 0.0520. The maximum Gasteiger partial charge on any atom is 0.362 e. The first kappa shape index (κ1) is 14.3. The van der Waals surface area contributed by atoms with Gasteiger partial charge in [-0.05, 0) is 31.5 Å². The molecule has 1 atom stereocenters. The number of aromatic nitrogens is 3. The van der Waals surface area contributed by atoms with Gasteiger partial charge in [0.1, 0.15) is 0 Å². The average Bonchev–Trinajstić information content (AvgIpc) is 2.81. The van der Waals surface area contributed by atoms with Crippen LogP contribution in [0.25, 0.3) is 0 Å². The fourth-order valence-electron chi connectivity index (χ4n) is 1.81. The van der Waals surface area contributed by atoms with E-state index in [1.54, 1.807) is 19.1 Å². The maximum absolute atomic E-state index is 11.6. The lowest BCUT2D eigenvalue weighted by Crippen LogP contribution is -2.13. The van der Waals surface area contributed by atoms with Crippen LogP contribution < -0.4 is 5.73 Å². The van der Waals surface area contributed by atoms with Gasteiger partial charge in [-0.2, -0.15) is 0 Å². The Morgan fingerprint density at radius 1 is 1.45 bits per heavy atom. The Bertz CT molecular complexity index is 609. The number of nitrogens with zero attached hydrogens (tertiary/aromatic N) is 3. The molecule has 0 bridgehead atoms. The van der Waals surface area contributed by atoms with Crippen molar-refractivity contribution in [1.82, 2.24) is 15.0 Å². The lowest BCUT2D eigenvalue weighted by Gasteiger charge is -2.13. The first-order valence-corrected chi connectivity index (χ1v) is 6.55. The Kier molecular flexibility index (Phi) is 4.24. The van der Waals surface area contributed by atoms with Crippen molar-refractivity contribution in [3.05, 3.63) is 40.5 Å². The fourth-order valence-corrected chi connectivity index (χ4v) is 1.94. The molecule has 0 spiro atoms. The molecule has 6 nitrogen and oxygen atoms in total. The van der Waals surface area contributed by atoms with Crippen molar-refractivity contribution < 1.29 is 9.53 Å². The van der Waals surface area contributed by atoms with E-state index in [0.29, 0.717) is 5.02 Å². The molecule has 2 aromatic rings. The molecule has 0 aliphatic carbocycles. The van der Waals surface area contributed by atoms with Gasteiger partial charge in [-0.25, -0.2) is 9.48 Å². The third-order valence-electron chi connectivity index (χ3n) is 2.92. The lowest BCUT2D eigenvalue weighted by atomic mass is 10.1. The van der Waals surface area contributed by atoms with Gasteiger partial charge >= 0.3 is 5.97 Å². The van der Waals surface area contributed by atoms with E-state index in [2.05, 4.69) is 10.3 Å². The number of nitrogen functional groups attached to an aromatic ring is 1. The third kappa shape index (κ3) is 2.75. The zero-order chi connectivity index (χ0) is 14.7. The highest BCUT2D eigenvalue weighted by molar-refractivity contribution is 6.30. The molecular formula is C13H15ClN4O2. The second kappa shape index (κ2) is 5.92. The number of halogens is 1. The van der Waals surface area contributed by atoms with Crippen LogP contribution >= 0.6 is 11.6 Å². The van der Waals surface area contributed by atoms with Crippen LogP contribution in [-0.4, -0.2) is 27.6 Å². The normalized spacial score (nSPS) is 12.2. The highest BCUT2D eigenvalue weighted by Crippen LogP contribution is 2.23. The molecule has 106 valence electrons. The van der Waals surface area contributed by atoms with Crippen molar-refractivity contribution in [2.24, 2.45) is 0 Å². The molecule has 0 fully saturated rings. The van der Waals surface area contributed by atoms with Crippen LogP contribution in [0.2, 0.25) is 5.02 Å². The van der Waals surface area contributed by atoms with Crippen molar-refractivity contribution in [2.75, 3.05) is 12.3 Å². The van der Waals surface area contributed by atoms with Gasteiger partial charge in [-0.1, -0.05) is 28.9 Å². The van der Waals surface area contributed by atoms with Crippen molar-refractivity contribution in [1.29, 1.82) is 0 Å². The summed E-state index contributed by atoms with van der Waals surface area (Å²) in [6.45, 7) is 3.88. The predicted octanol–water partition coefficient (Wildman–Crippen LogP) is 2.30. The number of ether oxygens (including phenoxy) is 1. The Morgan fingerprint density at radius 3 is 2.70 bits per heavy atom. The van der Waals surface area contributed by atoms with Gasteiger partial charge in [-0.15, -0.1) is 5.10 Å². The molecule has 0 aliphatic heterocycles. The Morgan fingerprint density at radius 2 is 2.10 bits per heavy atom. The number of carbonyl (C=O) groups is 1. The first-order valence-electron chi connectivity index (χ1n) is 6.17. The summed E-state index contributed by atoms with van der Waals surface area (Å²) in [6.07, 6.45) is 0. The number of benzene rings is 1. The number of hydrogen-bond acceptors (Lipinski definition) is 5. The molecule has 2 N–H and O–H groups in total. The number of anilines is 1. The summed E-state index contributed by atoms with van der Waals surface area (Å²) in [5.74, 6) is -0.384. The molecule has 0 saturated carbocycles. The zero-order valence-electron chi connectivity index (χ0n) is 11.2. The molecule has 0 aliphatic rings. The molecule has 0 radical (unpaired) electrons. The number of nitrogens with two attached hydrogens (primary N) is 1. The van der Waals surface area contributed by atoms with Crippen LogP contribution in [0.1, 0.15) is 35.9 Å². The second-order valence-corrected chi connectivity index (χ2v) is 4.65. The van der Waals surface area contributed by atoms with E-state index in [1.807, 2.05) is 19.1 Å². The van der Waals surface area contributed by atoms with Crippen molar-refractivity contribution in [3.8, 4) is 0 Å². The number of esters is 1.